The molecule has 0 saturated carbocycles. The van der Waals surface area contributed by atoms with Crippen molar-refractivity contribution >= 4 is 195 Å². The summed E-state index contributed by atoms with van der Waals surface area (Å²) >= 11 is 100. The van der Waals surface area contributed by atoms with E-state index in [2.05, 4.69) is 174 Å². The quantitative estimate of drug-likeness (QED) is 0.0462. The summed E-state index contributed by atoms with van der Waals surface area (Å²) in [6.45, 7) is 25.8. The predicted molar refractivity (Wildman–Crippen MR) is 530 cm³/mol. The van der Waals surface area contributed by atoms with Crippen LogP contribution in [-0.2, 0) is 52.0 Å². The van der Waals surface area contributed by atoms with Gasteiger partial charge in [0, 0.05) is 116 Å². The molecule has 0 fully saturated rings. The van der Waals surface area contributed by atoms with Crippen molar-refractivity contribution in [1.82, 2.24) is 39.9 Å². The fourth-order valence-corrected chi connectivity index (χ4v) is 20.9. The molecule has 0 atom stereocenters. The van der Waals surface area contributed by atoms with E-state index in [0.29, 0.717) is 17.2 Å². The van der Waals surface area contributed by atoms with Crippen molar-refractivity contribution in [2.45, 2.75) is 116 Å². The molecular formula is C104H75Cl13N8O3Zn. The Hall–Kier alpha value is -8.99. The maximum absolute atomic E-state index is 8.11. The molecule has 0 radical (unpaired) electrons. The number of benzene rings is 13. The van der Waals surface area contributed by atoms with Crippen LogP contribution in [0, 0.1) is 0 Å². The number of nitrogens with zero attached hydrogens (tertiary/aromatic N) is 8. The second-order valence-electron chi connectivity index (χ2n) is 34.9. The van der Waals surface area contributed by atoms with E-state index in [4.69, 9.17) is 205 Å². The number of hydrogen-bond donors (Lipinski definition) is 0. The molecule has 16 aromatic rings. The maximum atomic E-state index is 8.11. The van der Waals surface area contributed by atoms with Crippen LogP contribution in [-0.4, -0.2) is 29.9 Å². The number of halogens is 13. The first-order chi connectivity index (χ1) is 60.9. The fraction of sp³-hybridized carbons (Fsp3) is 0.173. The van der Waals surface area contributed by atoms with E-state index in [1.807, 2.05) is 146 Å². The van der Waals surface area contributed by atoms with E-state index in [-0.39, 0.29) is 192 Å². The van der Waals surface area contributed by atoms with Crippen LogP contribution >= 0.6 is 151 Å². The van der Waals surface area contributed by atoms with Crippen molar-refractivity contribution in [2.24, 2.45) is 0 Å². The summed E-state index contributed by atoms with van der Waals surface area (Å²) in [7, 11) is 0. The Morgan fingerprint density at radius 1 is 0.209 bits per heavy atom. The van der Waals surface area contributed by atoms with Gasteiger partial charge < -0.3 is 44.1 Å². The number of rotatable bonds is 18. The maximum Gasteiger partial charge on any atom is 2.00 e. The van der Waals surface area contributed by atoms with Crippen molar-refractivity contribution in [1.29, 1.82) is 0 Å². The molecule has 11 nitrogen and oxygen atoms in total. The molecule has 2 aliphatic rings. The molecule has 0 aliphatic carbocycles. The van der Waals surface area contributed by atoms with Crippen LogP contribution in [0.15, 0.2) is 237 Å². The van der Waals surface area contributed by atoms with E-state index in [1.165, 1.54) is 0 Å². The van der Waals surface area contributed by atoms with Gasteiger partial charge in [-0.25, -0.2) is 9.97 Å². The van der Waals surface area contributed by atoms with E-state index < -0.39 is 32.5 Å². The summed E-state index contributed by atoms with van der Waals surface area (Å²) in [4.78, 5) is 42.1. The average Bonchev–Trinajstić information content (AvgIpc) is 1.58. The molecule has 642 valence electrons. The van der Waals surface area contributed by atoms with Crippen LogP contribution in [0.2, 0.25) is 65.3 Å². The van der Waals surface area contributed by atoms with Crippen LogP contribution in [0.25, 0.3) is 89.7 Å². The summed E-state index contributed by atoms with van der Waals surface area (Å²) in [5.74, 6) is 0.334. The molecule has 0 unspecified atom stereocenters. The van der Waals surface area contributed by atoms with Crippen molar-refractivity contribution < 1.29 is 33.7 Å². The molecule has 129 heavy (non-hydrogen) atoms. The van der Waals surface area contributed by atoms with Gasteiger partial charge in [-0.05, 0) is 68.3 Å². The summed E-state index contributed by atoms with van der Waals surface area (Å²) in [6.07, 6.45) is 0. The van der Waals surface area contributed by atoms with Gasteiger partial charge in [-0.15, -0.1) is 0 Å². The first-order valence-corrected chi connectivity index (χ1v) is 45.9. The third-order valence-electron chi connectivity index (χ3n) is 25.3. The minimum absolute atomic E-state index is 0. The molecule has 3 aromatic heterocycles. The predicted octanol–water partition coefficient (Wildman–Crippen LogP) is 34.0. The van der Waals surface area contributed by atoms with E-state index in [9.17, 15) is 0 Å². The van der Waals surface area contributed by atoms with Crippen LogP contribution in [0.5, 0.6) is 34.5 Å². The van der Waals surface area contributed by atoms with Crippen LogP contribution in [0.3, 0.4) is 0 Å². The number of hydrogen-bond acceptors (Lipinski definition) is 9. The first-order valence-electron chi connectivity index (χ1n) is 40.9. The van der Waals surface area contributed by atoms with Crippen molar-refractivity contribution in [3.05, 3.63) is 369 Å². The van der Waals surface area contributed by atoms with Gasteiger partial charge in [0.15, 0.2) is 17.2 Å². The molecule has 0 amide bonds. The smallest absolute Gasteiger partial charge is 0.454 e. The molecule has 5 heterocycles. The zero-order valence-electron chi connectivity index (χ0n) is 71.4. The molecule has 18 rings (SSSR count). The Labute approximate surface area is 824 Å². The second-order valence-corrected chi connectivity index (χ2v) is 39.9. The molecular weight excluding hydrogens is 1940 g/mol. The van der Waals surface area contributed by atoms with E-state index in [0.717, 1.165) is 66.8 Å². The monoisotopic (exact) mass is 2000 g/mol. The first kappa shape index (κ1) is 91.9. The normalized spacial score (nSPS) is 12.5. The van der Waals surface area contributed by atoms with Gasteiger partial charge in [0.25, 0.3) is 0 Å². The molecule has 8 bridgehead atoms. The summed E-state index contributed by atoms with van der Waals surface area (Å²) in [5.41, 5.74) is 7.59. The third-order valence-corrected chi connectivity index (χ3v) is 30.7. The Morgan fingerprint density at radius 2 is 0.419 bits per heavy atom. The fourth-order valence-electron chi connectivity index (χ4n) is 17.3. The molecule has 2 aliphatic heterocycles. The Bertz CT molecular complexity index is 7280. The summed E-state index contributed by atoms with van der Waals surface area (Å²) in [5, 5.41) is -1.37. The summed E-state index contributed by atoms with van der Waals surface area (Å²) in [6, 6.07) is 79.5. The SMILES string of the molecule is CC(C)(c1ccccc1)c1ccc(Oc2c(Cl)c(Cl)c3c(c2Cl)-c2nc-3nc3[n-]c(nc4nc(nc5[n-]c(n2)c2c(Cl)c(Cl)c(Cl)c(Cl)c52)-c2c(Cl)c(Cl)c(Oc5ccc(C(C)(C)c6ccccc6)cc5C(C)(C)c5ccccc5)c(Cl)c2-4)c2c(Cl)c(Cl)c(Oc4ccc(C(C)(C)c5ccccc5)cc4C(C)(C)c4ccccc4)c(Cl)c32)c(C(C)(C)c2ccccc2)c1.[Zn+2]. The van der Waals surface area contributed by atoms with Crippen molar-refractivity contribution in [3.8, 4) is 80.0 Å². The van der Waals surface area contributed by atoms with Gasteiger partial charge in [0.05, 0.1) is 73.5 Å². The largest absolute Gasteiger partial charge is 2.00 e. The molecule has 25 heteroatoms. The third kappa shape index (κ3) is 15.7. The molecule has 0 spiro atoms. The van der Waals surface area contributed by atoms with Gasteiger partial charge in [0.2, 0.25) is 0 Å². The van der Waals surface area contributed by atoms with E-state index in [1.54, 1.807) is 0 Å². The minimum atomic E-state index is -0.735. The molecule has 13 aromatic carbocycles. The zero-order valence-corrected chi connectivity index (χ0v) is 84.2. The minimum Gasteiger partial charge on any atom is -0.454 e. The Kier molecular flexibility index (Phi) is 24.8. The number of ether oxygens (including phenoxy) is 3. The standard InChI is InChI=1S/C104H75Cl13N8O3.Zn/c1-99(2,52-31-19-13-20-32-52)58-43-46-64(61(49-58)102(7,8)55-37-25-16-26-38-55)126-88-80(110)72-69(77(107)85(88)115)93-119-91-67-68(76(106)84(114)83(113)75(67)105)92(118-91)120-96-73-70(78(108)86(116)89(81(73)111)127-65-47-44-59(100(3,4)53-33-21-14-22-34-53)50-62(65)103(9,10)56-39-27-17-28-40-56)94(122-96)124-98-74-71(95(125-98)123-97(72)121-93)79(109)87(117)90(82(74)112)128-66-48-45-60(101(5,6)54-35-23-15-24-36-54)51-63(66)104(11,12)57-41-29-18-30-42-57;/h13-51H,1-12H3;/q-2;+2. The van der Waals surface area contributed by atoms with Gasteiger partial charge in [0.1, 0.15) is 32.3 Å². The Morgan fingerprint density at radius 3 is 0.674 bits per heavy atom. The average molecular weight is 2010 g/mol. The zero-order chi connectivity index (χ0) is 90.5. The van der Waals surface area contributed by atoms with Gasteiger partial charge in [-0.2, -0.15) is 0 Å². The topological polar surface area (TPSA) is 133 Å². The van der Waals surface area contributed by atoms with Gasteiger partial charge in [-0.3, -0.25) is 0 Å². The summed E-state index contributed by atoms with van der Waals surface area (Å²) < 4.78 is 21.7. The molecule has 0 N–H and O–H groups in total. The van der Waals surface area contributed by atoms with Crippen LogP contribution in [0.4, 0.5) is 0 Å². The number of aromatic nitrogens is 8. The van der Waals surface area contributed by atoms with Crippen molar-refractivity contribution in [3.63, 3.8) is 0 Å². The van der Waals surface area contributed by atoms with E-state index >= 15 is 0 Å². The van der Waals surface area contributed by atoms with Gasteiger partial charge >= 0.3 is 19.5 Å². The Balaban J connectivity index is 0.0000117. The second kappa shape index (κ2) is 34.9. The molecule has 0 saturated heterocycles. The van der Waals surface area contributed by atoms with Crippen LogP contribution < -0.4 is 24.2 Å². The van der Waals surface area contributed by atoms with Crippen molar-refractivity contribution in [2.75, 3.05) is 0 Å². The number of fused-ring (bicyclic) bond motifs is 20. The van der Waals surface area contributed by atoms with Crippen LogP contribution in [0.1, 0.15) is 150 Å². The van der Waals surface area contributed by atoms with Gasteiger partial charge in [-0.1, -0.05) is 452 Å².